The SMILES string of the molecule is CCC1(C(=O)O)CCCN(C(=O)[C@@H]2CCC(=O)N2)C1. The molecule has 0 aromatic carbocycles. The van der Waals surface area contributed by atoms with Crippen LogP contribution in [0.2, 0.25) is 0 Å². The Morgan fingerprint density at radius 3 is 2.79 bits per heavy atom. The fraction of sp³-hybridized carbons (Fsp3) is 0.769. The van der Waals surface area contributed by atoms with E-state index in [1.54, 1.807) is 4.90 Å². The normalized spacial score (nSPS) is 31.1. The summed E-state index contributed by atoms with van der Waals surface area (Å²) >= 11 is 0. The van der Waals surface area contributed by atoms with Gasteiger partial charge in [-0.25, -0.2) is 0 Å². The summed E-state index contributed by atoms with van der Waals surface area (Å²) in [6.07, 6.45) is 2.72. The van der Waals surface area contributed by atoms with Gasteiger partial charge in [0.25, 0.3) is 0 Å². The van der Waals surface area contributed by atoms with E-state index >= 15 is 0 Å². The third-order valence-electron chi connectivity index (χ3n) is 4.31. The first-order valence-electron chi connectivity index (χ1n) is 6.80. The van der Waals surface area contributed by atoms with Crippen molar-refractivity contribution in [2.45, 2.75) is 45.1 Å². The topological polar surface area (TPSA) is 86.7 Å². The third kappa shape index (κ3) is 2.57. The second-order valence-electron chi connectivity index (χ2n) is 5.46. The molecule has 106 valence electrons. The fourth-order valence-corrected chi connectivity index (χ4v) is 2.95. The monoisotopic (exact) mass is 268 g/mol. The zero-order valence-corrected chi connectivity index (χ0v) is 11.1. The van der Waals surface area contributed by atoms with Crippen LogP contribution < -0.4 is 5.32 Å². The summed E-state index contributed by atoms with van der Waals surface area (Å²) in [6, 6.07) is -0.464. The molecule has 2 aliphatic rings. The molecule has 6 nitrogen and oxygen atoms in total. The predicted octanol–water partition coefficient (Wildman–Crippen LogP) is 0.368. The van der Waals surface area contributed by atoms with Crippen LogP contribution >= 0.6 is 0 Å². The maximum atomic E-state index is 12.3. The number of carbonyl (C=O) groups is 3. The van der Waals surface area contributed by atoms with E-state index < -0.39 is 17.4 Å². The Hall–Kier alpha value is -1.59. The number of carbonyl (C=O) groups excluding carboxylic acids is 2. The second kappa shape index (κ2) is 5.19. The van der Waals surface area contributed by atoms with Crippen LogP contribution in [-0.4, -0.2) is 46.9 Å². The number of nitrogens with zero attached hydrogens (tertiary/aromatic N) is 1. The van der Waals surface area contributed by atoms with Crippen molar-refractivity contribution in [1.82, 2.24) is 10.2 Å². The largest absolute Gasteiger partial charge is 0.481 e. The Labute approximate surface area is 112 Å². The van der Waals surface area contributed by atoms with Crippen LogP contribution in [0, 0.1) is 5.41 Å². The van der Waals surface area contributed by atoms with Crippen molar-refractivity contribution in [2.75, 3.05) is 13.1 Å². The number of hydrogen-bond acceptors (Lipinski definition) is 3. The van der Waals surface area contributed by atoms with E-state index in [9.17, 15) is 19.5 Å². The van der Waals surface area contributed by atoms with E-state index in [-0.39, 0.29) is 18.4 Å². The van der Waals surface area contributed by atoms with Crippen LogP contribution in [0.5, 0.6) is 0 Å². The van der Waals surface area contributed by atoms with Gasteiger partial charge in [-0.2, -0.15) is 0 Å². The molecule has 6 heteroatoms. The molecule has 2 amide bonds. The Morgan fingerprint density at radius 2 is 2.26 bits per heavy atom. The molecule has 2 N–H and O–H groups in total. The van der Waals surface area contributed by atoms with Gasteiger partial charge in [0.15, 0.2) is 0 Å². The van der Waals surface area contributed by atoms with Gasteiger partial charge in [0.1, 0.15) is 6.04 Å². The molecule has 0 aromatic rings. The minimum atomic E-state index is -0.831. The Bertz CT molecular complexity index is 409. The Kier molecular flexibility index (Phi) is 3.78. The van der Waals surface area contributed by atoms with E-state index in [1.807, 2.05) is 6.92 Å². The molecule has 2 aliphatic heterocycles. The fourth-order valence-electron chi connectivity index (χ4n) is 2.95. The summed E-state index contributed by atoms with van der Waals surface area (Å²) in [5, 5.41) is 12.0. The van der Waals surface area contributed by atoms with E-state index in [0.29, 0.717) is 38.6 Å². The first-order chi connectivity index (χ1) is 8.98. The van der Waals surface area contributed by atoms with Gasteiger partial charge < -0.3 is 15.3 Å². The highest BCUT2D eigenvalue weighted by Crippen LogP contribution is 2.34. The molecule has 0 saturated carbocycles. The highest BCUT2D eigenvalue weighted by Gasteiger charge is 2.43. The predicted molar refractivity (Wildman–Crippen MR) is 67.3 cm³/mol. The van der Waals surface area contributed by atoms with Crippen LogP contribution in [0.15, 0.2) is 0 Å². The van der Waals surface area contributed by atoms with Crippen molar-refractivity contribution in [3.8, 4) is 0 Å². The molecule has 2 atom stereocenters. The summed E-state index contributed by atoms with van der Waals surface area (Å²) in [5.41, 5.74) is -0.823. The molecule has 2 saturated heterocycles. The molecule has 0 radical (unpaired) electrons. The number of piperidine rings is 1. The van der Waals surface area contributed by atoms with Gasteiger partial charge in [0, 0.05) is 19.5 Å². The van der Waals surface area contributed by atoms with Crippen molar-refractivity contribution >= 4 is 17.8 Å². The number of rotatable bonds is 3. The molecule has 19 heavy (non-hydrogen) atoms. The summed E-state index contributed by atoms with van der Waals surface area (Å²) in [7, 11) is 0. The van der Waals surface area contributed by atoms with Gasteiger partial charge in [-0.1, -0.05) is 6.92 Å². The van der Waals surface area contributed by atoms with Crippen molar-refractivity contribution < 1.29 is 19.5 Å². The van der Waals surface area contributed by atoms with Crippen LogP contribution in [0.25, 0.3) is 0 Å². The quantitative estimate of drug-likeness (QED) is 0.774. The number of nitrogens with one attached hydrogen (secondary N) is 1. The lowest BCUT2D eigenvalue weighted by Gasteiger charge is -2.40. The first kappa shape index (κ1) is 13.8. The zero-order valence-electron chi connectivity index (χ0n) is 11.1. The van der Waals surface area contributed by atoms with Crippen LogP contribution in [0.4, 0.5) is 0 Å². The second-order valence-corrected chi connectivity index (χ2v) is 5.46. The van der Waals surface area contributed by atoms with Crippen LogP contribution in [0.1, 0.15) is 39.0 Å². The maximum Gasteiger partial charge on any atom is 0.311 e. The molecular formula is C13H20N2O4. The van der Waals surface area contributed by atoms with Gasteiger partial charge in [0.05, 0.1) is 5.41 Å². The van der Waals surface area contributed by atoms with Gasteiger partial charge in [-0.05, 0) is 25.7 Å². The molecule has 2 rings (SSSR count). The molecule has 0 aliphatic carbocycles. The van der Waals surface area contributed by atoms with Gasteiger partial charge >= 0.3 is 5.97 Å². The number of carboxylic acid groups (broad SMARTS) is 1. The lowest BCUT2D eigenvalue weighted by Crippen LogP contribution is -2.53. The number of carboxylic acids is 1. The number of aliphatic carboxylic acids is 1. The molecular weight excluding hydrogens is 248 g/mol. The Morgan fingerprint density at radius 1 is 1.53 bits per heavy atom. The molecule has 0 aromatic heterocycles. The number of hydrogen-bond donors (Lipinski definition) is 2. The summed E-state index contributed by atoms with van der Waals surface area (Å²) < 4.78 is 0. The van der Waals surface area contributed by atoms with Crippen LogP contribution in [-0.2, 0) is 14.4 Å². The third-order valence-corrected chi connectivity index (χ3v) is 4.31. The van der Waals surface area contributed by atoms with Gasteiger partial charge in [-0.3, -0.25) is 14.4 Å². The van der Waals surface area contributed by atoms with E-state index in [2.05, 4.69) is 5.32 Å². The van der Waals surface area contributed by atoms with E-state index in [0.717, 1.165) is 0 Å². The molecule has 2 heterocycles. The summed E-state index contributed by atoms with van der Waals surface area (Å²) in [6.45, 7) is 2.68. The standard InChI is InChI=1S/C13H20N2O4/c1-2-13(12(18)19)6-3-7-15(8-13)11(17)9-4-5-10(16)14-9/h9H,2-8H2,1H3,(H,14,16)(H,18,19)/t9-,13?/m0/s1. The van der Waals surface area contributed by atoms with Crippen molar-refractivity contribution in [3.63, 3.8) is 0 Å². The molecule has 2 fully saturated rings. The number of likely N-dealkylation sites (tertiary alicyclic amines) is 1. The lowest BCUT2D eigenvalue weighted by atomic mass is 9.77. The first-order valence-corrected chi connectivity index (χ1v) is 6.80. The maximum absolute atomic E-state index is 12.3. The Balaban J connectivity index is 2.06. The average Bonchev–Trinajstić information content (AvgIpc) is 2.84. The summed E-state index contributed by atoms with van der Waals surface area (Å²) in [5.74, 6) is -1.07. The minimum Gasteiger partial charge on any atom is -0.481 e. The smallest absolute Gasteiger partial charge is 0.311 e. The lowest BCUT2D eigenvalue weighted by molar-refractivity contribution is -0.155. The minimum absolute atomic E-state index is 0.102. The zero-order chi connectivity index (χ0) is 14.0. The number of amides is 2. The highest BCUT2D eigenvalue weighted by atomic mass is 16.4. The highest BCUT2D eigenvalue weighted by molar-refractivity contribution is 5.91. The van der Waals surface area contributed by atoms with E-state index in [4.69, 9.17) is 0 Å². The molecule has 0 bridgehead atoms. The van der Waals surface area contributed by atoms with Crippen LogP contribution in [0.3, 0.4) is 0 Å². The van der Waals surface area contributed by atoms with Crippen molar-refractivity contribution in [2.24, 2.45) is 5.41 Å². The average molecular weight is 268 g/mol. The summed E-state index contributed by atoms with van der Waals surface area (Å²) in [4.78, 5) is 36.5. The van der Waals surface area contributed by atoms with E-state index in [1.165, 1.54) is 0 Å². The van der Waals surface area contributed by atoms with Gasteiger partial charge in [-0.15, -0.1) is 0 Å². The van der Waals surface area contributed by atoms with Crippen molar-refractivity contribution in [1.29, 1.82) is 0 Å². The molecule has 0 spiro atoms. The molecule has 1 unspecified atom stereocenters. The van der Waals surface area contributed by atoms with Gasteiger partial charge in [0.2, 0.25) is 11.8 Å². The van der Waals surface area contributed by atoms with Crippen molar-refractivity contribution in [3.05, 3.63) is 0 Å².